The number of carboxylic acid groups (broad SMARTS) is 1. The third-order valence-electron chi connectivity index (χ3n) is 4.43. The van der Waals surface area contributed by atoms with E-state index in [-0.39, 0.29) is 5.56 Å². The van der Waals surface area contributed by atoms with E-state index in [2.05, 4.69) is 5.32 Å². The third kappa shape index (κ3) is 5.38. The van der Waals surface area contributed by atoms with Crippen LogP contribution in [0.4, 0.5) is 5.69 Å². The molecule has 0 amide bonds. The zero-order valence-corrected chi connectivity index (χ0v) is 16.8. The van der Waals surface area contributed by atoms with E-state index in [0.29, 0.717) is 30.2 Å². The second-order valence-electron chi connectivity index (χ2n) is 6.71. The summed E-state index contributed by atoms with van der Waals surface area (Å²) in [5.41, 5.74) is 3.50. The van der Waals surface area contributed by atoms with Crippen molar-refractivity contribution in [2.24, 2.45) is 0 Å². The largest absolute Gasteiger partial charge is 0.490 e. The van der Waals surface area contributed by atoms with Gasteiger partial charge in [-0.15, -0.1) is 0 Å². The van der Waals surface area contributed by atoms with Crippen LogP contribution in [0.3, 0.4) is 0 Å². The molecule has 0 bridgehead atoms. The minimum absolute atomic E-state index is 0.235. The third-order valence-corrected chi connectivity index (χ3v) is 4.43. The van der Waals surface area contributed by atoms with Crippen LogP contribution in [0.15, 0.2) is 66.7 Å². The van der Waals surface area contributed by atoms with Gasteiger partial charge in [0.25, 0.3) is 0 Å². The van der Waals surface area contributed by atoms with E-state index in [0.717, 1.165) is 16.8 Å². The number of rotatable bonds is 8. The predicted molar refractivity (Wildman–Crippen MR) is 114 cm³/mol. The number of esters is 1. The molecule has 154 valence electrons. The van der Waals surface area contributed by atoms with Crippen molar-refractivity contribution in [1.82, 2.24) is 0 Å². The quantitative estimate of drug-likeness (QED) is 0.409. The molecule has 30 heavy (non-hydrogen) atoms. The van der Waals surface area contributed by atoms with E-state index in [1.165, 1.54) is 0 Å². The van der Waals surface area contributed by atoms with Crippen LogP contribution in [-0.4, -0.2) is 23.7 Å². The van der Waals surface area contributed by atoms with Crippen molar-refractivity contribution >= 4 is 17.6 Å². The summed E-state index contributed by atoms with van der Waals surface area (Å²) >= 11 is 0. The van der Waals surface area contributed by atoms with Crippen LogP contribution in [0.5, 0.6) is 11.5 Å². The number of carbonyl (C=O) groups excluding carboxylic acids is 1. The number of hydrogen-bond acceptors (Lipinski definition) is 5. The van der Waals surface area contributed by atoms with Crippen LogP contribution >= 0.6 is 0 Å². The average Bonchev–Trinajstić information content (AvgIpc) is 2.74. The summed E-state index contributed by atoms with van der Waals surface area (Å²) < 4.78 is 11.2. The summed E-state index contributed by atoms with van der Waals surface area (Å²) in [5, 5.41) is 12.2. The highest BCUT2D eigenvalue weighted by atomic mass is 16.6. The Kier molecular flexibility index (Phi) is 6.70. The highest BCUT2D eigenvalue weighted by Gasteiger charge is 2.13. The van der Waals surface area contributed by atoms with Gasteiger partial charge in [0.2, 0.25) is 0 Å². The number of benzene rings is 3. The number of carboxylic acids is 1. The molecule has 0 spiro atoms. The van der Waals surface area contributed by atoms with Gasteiger partial charge in [-0.05, 0) is 67.9 Å². The Labute approximate surface area is 175 Å². The summed E-state index contributed by atoms with van der Waals surface area (Å²) in [6.45, 7) is 4.75. The SMILES string of the molecule is CCOc1cc(CNc2ccc(C(=O)O)cc2)ccc1OC(=O)c1ccc(C)cc1. The molecule has 0 fully saturated rings. The molecule has 0 radical (unpaired) electrons. The first-order valence-electron chi connectivity index (χ1n) is 9.58. The monoisotopic (exact) mass is 405 g/mol. The zero-order valence-electron chi connectivity index (χ0n) is 16.8. The van der Waals surface area contributed by atoms with Crippen LogP contribution in [-0.2, 0) is 6.54 Å². The van der Waals surface area contributed by atoms with Crippen molar-refractivity contribution in [3.8, 4) is 11.5 Å². The smallest absolute Gasteiger partial charge is 0.343 e. The van der Waals surface area contributed by atoms with E-state index in [1.807, 2.05) is 38.1 Å². The molecule has 0 aliphatic carbocycles. The number of aryl methyl sites for hydroxylation is 1. The number of ether oxygens (including phenoxy) is 2. The van der Waals surface area contributed by atoms with Crippen molar-refractivity contribution in [3.63, 3.8) is 0 Å². The van der Waals surface area contributed by atoms with Gasteiger partial charge in [-0.2, -0.15) is 0 Å². The average molecular weight is 405 g/mol. The zero-order chi connectivity index (χ0) is 21.5. The Balaban J connectivity index is 1.70. The highest BCUT2D eigenvalue weighted by molar-refractivity contribution is 5.91. The normalized spacial score (nSPS) is 10.3. The predicted octanol–water partition coefficient (Wildman–Crippen LogP) is 4.92. The molecule has 3 aromatic rings. The van der Waals surface area contributed by atoms with Crippen LogP contribution in [0, 0.1) is 6.92 Å². The molecule has 6 heteroatoms. The van der Waals surface area contributed by atoms with Gasteiger partial charge in [0, 0.05) is 12.2 Å². The Bertz CT molecular complexity index is 1030. The van der Waals surface area contributed by atoms with Gasteiger partial charge in [-0.25, -0.2) is 9.59 Å². The number of hydrogen-bond donors (Lipinski definition) is 2. The first kappa shape index (κ1) is 20.9. The van der Waals surface area contributed by atoms with Crippen molar-refractivity contribution < 1.29 is 24.2 Å². The maximum absolute atomic E-state index is 12.4. The highest BCUT2D eigenvalue weighted by Crippen LogP contribution is 2.29. The molecule has 6 nitrogen and oxygen atoms in total. The minimum atomic E-state index is -0.960. The molecule has 3 aromatic carbocycles. The number of anilines is 1. The molecule has 0 aliphatic heterocycles. The van der Waals surface area contributed by atoms with Gasteiger partial charge in [-0.1, -0.05) is 23.8 Å². The lowest BCUT2D eigenvalue weighted by molar-refractivity contribution is 0.0694. The molecule has 0 unspecified atom stereocenters. The van der Waals surface area contributed by atoms with Crippen molar-refractivity contribution in [1.29, 1.82) is 0 Å². The minimum Gasteiger partial charge on any atom is -0.490 e. The Morgan fingerprint density at radius 1 is 0.900 bits per heavy atom. The van der Waals surface area contributed by atoms with Crippen molar-refractivity contribution in [2.45, 2.75) is 20.4 Å². The van der Waals surface area contributed by atoms with Gasteiger partial charge in [-0.3, -0.25) is 0 Å². The van der Waals surface area contributed by atoms with E-state index in [9.17, 15) is 9.59 Å². The summed E-state index contributed by atoms with van der Waals surface area (Å²) in [4.78, 5) is 23.4. The van der Waals surface area contributed by atoms with E-state index >= 15 is 0 Å². The van der Waals surface area contributed by atoms with Crippen molar-refractivity contribution in [3.05, 3.63) is 89.0 Å². The first-order chi connectivity index (χ1) is 14.5. The van der Waals surface area contributed by atoms with Gasteiger partial charge in [0.05, 0.1) is 17.7 Å². The lowest BCUT2D eigenvalue weighted by Gasteiger charge is -2.13. The maximum Gasteiger partial charge on any atom is 0.343 e. The second-order valence-corrected chi connectivity index (χ2v) is 6.71. The van der Waals surface area contributed by atoms with E-state index in [1.54, 1.807) is 42.5 Å². The molecule has 0 saturated heterocycles. The topological polar surface area (TPSA) is 84.9 Å². The molecule has 0 atom stereocenters. The molecule has 0 aliphatic rings. The van der Waals surface area contributed by atoms with Crippen LogP contribution in [0.1, 0.15) is 38.8 Å². The number of carbonyl (C=O) groups is 2. The summed E-state index contributed by atoms with van der Waals surface area (Å²) in [5.74, 6) is -0.561. The molecule has 0 saturated carbocycles. The van der Waals surface area contributed by atoms with E-state index < -0.39 is 11.9 Å². The lowest BCUT2D eigenvalue weighted by atomic mass is 10.1. The number of aromatic carboxylic acids is 1. The van der Waals surface area contributed by atoms with Crippen LogP contribution in [0.2, 0.25) is 0 Å². The lowest BCUT2D eigenvalue weighted by Crippen LogP contribution is -2.10. The fourth-order valence-electron chi connectivity index (χ4n) is 2.80. The summed E-state index contributed by atoms with van der Waals surface area (Å²) in [7, 11) is 0. The fraction of sp³-hybridized carbons (Fsp3) is 0.167. The molecule has 3 rings (SSSR count). The molecular formula is C24H23NO5. The van der Waals surface area contributed by atoms with Crippen LogP contribution in [0.25, 0.3) is 0 Å². The Hall–Kier alpha value is -3.80. The van der Waals surface area contributed by atoms with Crippen LogP contribution < -0.4 is 14.8 Å². The summed E-state index contributed by atoms with van der Waals surface area (Å²) in [6, 6.07) is 19.1. The van der Waals surface area contributed by atoms with Gasteiger partial charge >= 0.3 is 11.9 Å². The summed E-state index contributed by atoms with van der Waals surface area (Å²) in [6.07, 6.45) is 0. The van der Waals surface area contributed by atoms with E-state index in [4.69, 9.17) is 14.6 Å². The Morgan fingerprint density at radius 2 is 1.57 bits per heavy atom. The standard InChI is InChI=1S/C24H23NO5/c1-3-29-22-14-17(15-25-20-11-9-18(10-12-20)23(26)27)6-13-21(22)30-24(28)19-7-4-16(2)5-8-19/h4-14,25H,3,15H2,1-2H3,(H,26,27). The molecular weight excluding hydrogens is 382 g/mol. The maximum atomic E-state index is 12.4. The molecule has 0 heterocycles. The van der Waals surface area contributed by atoms with Gasteiger partial charge in [0.15, 0.2) is 11.5 Å². The first-order valence-corrected chi connectivity index (χ1v) is 9.58. The second kappa shape index (κ2) is 9.60. The Morgan fingerprint density at radius 3 is 2.20 bits per heavy atom. The van der Waals surface area contributed by atoms with Gasteiger partial charge < -0.3 is 19.9 Å². The van der Waals surface area contributed by atoms with Gasteiger partial charge in [0.1, 0.15) is 0 Å². The van der Waals surface area contributed by atoms with Crippen molar-refractivity contribution in [2.75, 3.05) is 11.9 Å². The molecule has 0 aromatic heterocycles. The molecule has 2 N–H and O–H groups in total. The number of nitrogens with one attached hydrogen (secondary N) is 1. The fourth-order valence-corrected chi connectivity index (χ4v) is 2.80.